The number of ether oxygens (including phenoxy) is 2. The number of aliphatic hydroxyl groups is 1. The fourth-order valence-electron chi connectivity index (χ4n) is 10.3. The normalized spacial score (nSPS) is 34.8. The summed E-state index contributed by atoms with van der Waals surface area (Å²) in [5.74, 6) is 4.51. The fraction of sp³-hybridized carbons (Fsp3) is 0.789. The van der Waals surface area contributed by atoms with Gasteiger partial charge in [-0.2, -0.15) is 0 Å². The van der Waals surface area contributed by atoms with E-state index < -0.39 is 6.09 Å². The van der Waals surface area contributed by atoms with Crippen molar-refractivity contribution in [1.82, 2.24) is 4.90 Å². The number of fused-ring (bicyclic) bond motifs is 5. The van der Waals surface area contributed by atoms with Crippen LogP contribution in [0, 0.1) is 46.3 Å². The first-order valence-electron chi connectivity index (χ1n) is 17.9. The third kappa shape index (κ3) is 6.86. The zero-order valence-corrected chi connectivity index (χ0v) is 28.2. The van der Waals surface area contributed by atoms with E-state index in [0.717, 1.165) is 54.8 Å². The van der Waals surface area contributed by atoms with Crippen molar-refractivity contribution in [3.8, 4) is 0 Å². The zero-order chi connectivity index (χ0) is 31.5. The molecule has 1 N–H and O–H groups in total. The number of hydrogen-bond acceptors (Lipinski definition) is 5. The van der Waals surface area contributed by atoms with E-state index in [1.54, 1.807) is 6.08 Å². The topological polar surface area (TPSA) is 76.1 Å². The van der Waals surface area contributed by atoms with Crippen molar-refractivity contribution in [1.29, 1.82) is 0 Å². The Morgan fingerprint density at radius 2 is 1.86 bits per heavy atom. The van der Waals surface area contributed by atoms with Crippen LogP contribution >= 0.6 is 0 Å². The van der Waals surface area contributed by atoms with Crippen LogP contribution in [-0.2, 0) is 14.3 Å². The Kier molecular flexibility index (Phi) is 10.7. The van der Waals surface area contributed by atoms with Crippen LogP contribution in [0.1, 0.15) is 112 Å². The lowest BCUT2D eigenvalue weighted by atomic mass is 9.47. The minimum Gasteiger partial charge on any atom is -0.460 e. The average Bonchev–Trinajstić information content (AvgIpc) is 3.65. The highest BCUT2D eigenvalue weighted by molar-refractivity contribution is 5.89. The van der Waals surface area contributed by atoms with Gasteiger partial charge in [0.1, 0.15) is 12.7 Å². The van der Waals surface area contributed by atoms with Crippen LogP contribution in [-0.4, -0.2) is 54.5 Å². The summed E-state index contributed by atoms with van der Waals surface area (Å²) in [7, 11) is 0. The number of hydrogen-bond donors (Lipinski definition) is 1. The molecule has 0 bridgehead atoms. The molecule has 0 radical (unpaired) electrons. The third-order valence-electron chi connectivity index (χ3n) is 12.8. The van der Waals surface area contributed by atoms with Gasteiger partial charge in [0.05, 0.1) is 13.2 Å². The van der Waals surface area contributed by atoms with Gasteiger partial charge >= 0.3 is 12.1 Å². The molecular weight excluding hydrogens is 550 g/mol. The molecule has 5 aliphatic rings. The van der Waals surface area contributed by atoms with Crippen LogP contribution in [0.15, 0.2) is 35.5 Å². The lowest BCUT2D eigenvalue weighted by Gasteiger charge is -2.58. The number of nitrogens with zero attached hydrogens (tertiary/aromatic N) is 1. The summed E-state index contributed by atoms with van der Waals surface area (Å²) < 4.78 is 11.4. The summed E-state index contributed by atoms with van der Waals surface area (Å²) in [5, 5.41) is 9.57. The number of carbonyl (C=O) groups excluding carboxylic acids is 2. The monoisotopic (exact) mass is 609 g/mol. The van der Waals surface area contributed by atoms with E-state index in [1.807, 2.05) is 12.2 Å². The van der Waals surface area contributed by atoms with E-state index in [0.29, 0.717) is 17.4 Å². The summed E-state index contributed by atoms with van der Waals surface area (Å²) in [6.45, 7) is 12.7. The van der Waals surface area contributed by atoms with Gasteiger partial charge in [0.15, 0.2) is 0 Å². The molecule has 8 atom stereocenters. The van der Waals surface area contributed by atoms with E-state index in [2.05, 4.69) is 40.7 Å². The lowest BCUT2D eigenvalue weighted by Crippen LogP contribution is -2.51. The molecule has 1 amide bonds. The first-order chi connectivity index (χ1) is 21.1. The molecule has 0 heterocycles. The van der Waals surface area contributed by atoms with Crippen molar-refractivity contribution in [2.45, 2.75) is 118 Å². The predicted molar refractivity (Wildman–Crippen MR) is 175 cm³/mol. The van der Waals surface area contributed by atoms with Crippen molar-refractivity contribution in [2.75, 3.05) is 26.3 Å². The van der Waals surface area contributed by atoms with E-state index in [-0.39, 0.29) is 43.8 Å². The van der Waals surface area contributed by atoms with E-state index in [1.165, 1.54) is 61.8 Å². The van der Waals surface area contributed by atoms with Gasteiger partial charge in [-0.15, -0.1) is 0 Å². The molecule has 6 heteroatoms. The number of esters is 1. The molecule has 0 aromatic carbocycles. The average molecular weight is 610 g/mol. The molecule has 3 saturated carbocycles. The van der Waals surface area contributed by atoms with Crippen molar-refractivity contribution in [2.24, 2.45) is 46.3 Å². The van der Waals surface area contributed by atoms with E-state index >= 15 is 0 Å². The quantitative estimate of drug-likeness (QED) is 0.178. The van der Waals surface area contributed by atoms with Crippen molar-refractivity contribution in [3.63, 3.8) is 0 Å². The molecule has 5 aliphatic carbocycles. The van der Waals surface area contributed by atoms with Gasteiger partial charge in [-0.25, -0.2) is 9.59 Å². The summed E-state index contributed by atoms with van der Waals surface area (Å²) in [6, 6.07) is 0. The SMILES string of the molecule is CC(C)CCC[C@@H](C)[C@H]1CC[C@H]2[C@@H]3CC=C4C[C@@H](OC(=O)N(CCO)CCOC(=O)C5=CC=CC5)CC[C@]4(C)[C@H]3CC[C@]12C. The summed E-state index contributed by atoms with van der Waals surface area (Å²) in [4.78, 5) is 26.8. The van der Waals surface area contributed by atoms with Crippen LogP contribution in [0.3, 0.4) is 0 Å². The molecular formula is C38H59NO5. The van der Waals surface area contributed by atoms with Crippen LogP contribution in [0.25, 0.3) is 0 Å². The highest BCUT2D eigenvalue weighted by atomic mass is 16.6. The van der Waals surface area contributed by atoms with Crippen LogP contribution in [0.5, 0.6) is 0 Å². The molecule has 0 aliphatic heterocycles. The molecule has 0 aromatic rings. The predicted octanol–water partition coefficient (Wildman–Crippen LogP) is 8.26. The van der Waals surface area contributed by atoms with Crippen molar-refractivity contribution < 1.29 is 24.2 Å². The molecule has 3 fully saturated rings. The molecule has 44 heavy (non-hydrogen) atoms. The second kappa shape index (κ2) is 14.1. The van der Waals surface area contributed by atoms with Gasteiger partial charge in [-0.1, -0.05) is 83.8 Å². The minimum atomic E-state index is -0.423. The Labute approximate surface area is 266 Å². The molecule has 0 saturated heterocycles. The molecule has 0 unspecified atom stereocenters. The molecule has 0 aromatic heterocycles. The summed E-state index contributed by atoms with van der Waals surface area (Å²) in [6.07, 6.45) is 21.6. The van der Waals surface area contributed by atoms with Gasteiger partial charge in [0, 0.05) is 18.5 Å². The van der Waals surface area contributed by atoms with E-state index in [9.17, 15) is 14.7 Å². The second-order valence-electron chi connectivity index (χ2n) is 15.7. The summed E-state index contributed by atoms with van der Waals surface area (Å²) >= 11 is 0. The Hall–Kier alpha value is -2.08. The van der Waals surface area contributed by atoms with Crippen LogP contribution in [0.2, 0.25) is 0 Å². The first-order valence-corrected chi connectivity index (χ1v) is 17.9. The molecule has 246 valence electrons. The smallest absolute Gasteiger partial charge is 0.410 e. The third-order valence-corrected chi connectivity index (χ3v) is 12.8. The Morgan fingerprint density at radius 1 is 1.05 bits per heavy atom. The van der Waals surface area contributed by atoms with E-state index in [4.69, 9.17) is 9.47 Å². The van der Waals surface area contributed by atoms with Gasteiger partial charge < -0.3 is 19.5 Å². The van der Waals surface area contributed by atoms with Gasteiger partial charge in [-0.3, -0.25) is 0 Å². The Morgan fingerprint density at radius 3 is 2.59 bits per heavy atom. The largest absolute Gasteiger partial charge is 0.460 e. The number of carbonyl (C=O) groups is 2. The molecule has 6 nitrogen and oxygen atoms in total. The highest BCUT2D eigenvalue weighted by Gasteiger charge is 2.59. The molecule has 5 rings (SSSR count). The van der Waals surface area contributed by atoms with Gasteiger partial charge in [-0.05, 0) is 97.7 Å². The second-order valence-corrected chi connectivity index (χ2v) is 15.7. The number of amides is 1. The fourth-order valence-corrected chi connectivity index (χ4v) is 10.3. The Bertz CT molecular complexity index is 1120. The number of aliphatic hydroxyl groups excluding tert-OH is 1. The number of allylic oxidation sites excluding steroid dienone is 4. The maximum absolute atomic E-state index is 13.2. The van der Waals surface area contributed by atoms with Crippen molar-refractivity contribution >= 4 is 12.1 Å². The standard InChI is InChI=1S/C38H59NO5/c1-26(2)9-8-10-27(3)32-15-16-33-31-14-13-29-25-30(17-19-37(29,4)34(31)18-20-38(32,33)5)44-36(42)39(21-23-40)22-24-43-35(41)28-11-6-7-12-28/h6-7,11,13,26-27,30-34,40H,8-10,12,14-25H2,1-5H3/t27-,30+,31+,32-,33+,34+,37+,38-/m1/s1. The maximum atomic E-state index is 13.2. The Balaban J connectivity index is 1.16. The zero-order valence-electron chi connectivity index (χ0n) is 28.2. The van der Waals surface area contributed by atoms with Gasteiger partial charge in [0.2, 0.25) is 0 Å². The van der Waals surface area contributed by atoms with Crippen molar-refractivity contribution in [3.05, 3.63) is 35.5 Å². The maximum Gasteiger partial charge on any atom is 0.410 e. The van der Waals surface area contributed by atoms with Crippen LogP contribution < -0.4 is 0 Å². The first kappa shape index (κ1) is 33.3. The lowest BCUT2D eigenvalue weighted by molar-refractivity contribution is -0.139. The van der Waals surface area contributed by atoms with Crippen LogP contribution in [0.4, 0.5) is 4.79 Å². The molecule has 0 spiro atoms. The van der Waals surface area contributed by atoms with Gasteiger partial charge in [0.25, 0.3) is 0 Å². The number of rotatable bonds is 12. The highest BCUT2D eigenvalue weighted by Crippen LogP contribution is 2.67. The minimum absolute atomic E-state index is 0.0832. The summed E-state index contributed by atoms with van der Waals surface area (Å²) in [5.41, 5.74) is 2.82.